The van der Waals surface area contributed by atoms with Crippen LogP contribution in [0.4, 0.5) is 14.9 Å². The van der Waals surface area contributed by atoms with Crippen molar-refractivity contribution in [1.82, 2.24) is 5.32 Å². The fourth-order valence-corrected chi connectivity index (χ4v) is 2.07. The first-order valence-electron chi connectivity index (χ1n) is 6.06. The highest BCUT2D eigenvalue weighted by Gasteiger charge is 2.21. The van der Waals surface area contributed by atoms with Gasteiger partial charge >= 0.3 is 12.0 Å². The molecule has 116 valence electrons. The fraction of sp³-hybridized carbons (Fsp3) is 0.385. The number of rotatable bonds is 5. The molecule has 0 aliphatic carbocycles. The predicted octanol–water partition coefficient (Wildman–Crippen LogP) is 3.90. The van der Waals surface area contributed by atoms with Crippen LogP contribution in [0.15, 0.2) is 12.1 Å². The number of carbonyl (C=O) groups excluding carboxylic acids is 1. The zero-order valence-corrected chi connectivity index (χ0v) is 13.0. The zero-order valence-electron chi connectivity index (χ0n) is 11.5. The standard InChI is InChI=1S/C13H15Cl2FN2O3/c1-13(2,4-3-10(19)20)18-12(21)17-7-5-8(14)11(16)9(15)6-7/h5-6H,3-4H2,1-2H3,(H,19,20)(H2,17,18,21). The number of benzene rings is 1. The van der Waals surface area contributed by atoms with Crippen LogP contribution in [0.1, 0.15) is 26.7 Å². The van der Waals surface area contributed by atoms with Crippen molar-refractivity contribution < 1.29 is 19.1 Å². The van der Waals surface area contributed by atoms with Crippen molar-refractivity contribution in [3.63, 3.8) is 0 Å². The predicted molar refractivity (Wildman–Crippen MR) is 79.5 cm³/mol. The van der Waals surface area contributed by atoms with Gasteiger partial charge in [0.1, 0.15) is 0 Å². The summed E-state index contributed by atoms with van der Waals surface area (Å²) in [4.78, 5) is 22.4. The van der Waals surface area contributed by atoms with Crippen molar-refractivity contribution in [2.24, 2.45) is 0 Å². The Morgan fingerprint density at radius 3 is 2.29 bits per heavy atom. The summed E-state index contributed by atoms with van der Waals surface area (Å²) in [5, 5.41) is 13.3. The molecule has 0 heterocycles. The van der Waals surface area contributed by atoms with Gasteiger partial charge in [0.25, 0.3) is 0 Å². The molecule has 8 heteroatoms. The number of anilines is 1. The van der Waals surface area contributed by atoms with Crippen molar-refractivity contribution in [2.75, 3.05) is 5.32 Å². The summed E-state index contributed by atoms with van der Waals surface area (Å²) < 4.78 is 13.2. The van der Waals surface area contributed by atoms with Gasteiger partial charge in [0.2, 0.25) is 0 Å². The molecule has 1 rings (SSSR count). The number of carboxylic acid groups (broad SMARTS) is 1. The number of amides is 2. The van der Waals surface area contributed by atoms with Crippen LogP contribution in [-0.2, 0) is 4.79 Å². The van der Waals surface area contributed by atoms with Gasteiger partial charge < -0.3 is 15.7 Å². The molecule has 0 fully saturated rings. The summed E-state index contributed by atoms with van der Waals surface area (Å²) in [5.41, 5.74) is -0.478. The van der Waals surface area contributed by atoms with Crippen molar-refractivity contribution in [1.29, 1.82) is 0 Å². The Morgan fingerprint density at radius 2 is 1.81 bits per heavy atom. The first kappa shape index (κ1) is 17.5. The average molecular weight is 337 g/mol. The Bertz CT molecular complexity index is 541. The Kier molecular flexibility index (Phi) is 5.80. The summed E-state index contributed by atoms with van der Waals surface area (Å²) in [6, 6.07) is 1.89. The summed E-state index contributed by atoms with van der Waals surface area (Å²) in [5.74, 6) is -1.70. The summed E-state index contributed by atoms with van der Waals surface area (Å²) >= 11 is 11.2. The topological polar surface area (TPSA) is 78.4 Å². The Balaban J connectivity index is 2.67. The van der Waals surface area contributed by atoms with Crippen molar-refractivity contribution in [3.8, 4) is 0 Å². The van der Waals surface area contributed by atoms with Gasteiger partial charge in [-0.3, -0.25) is 4.79 Å². The first-order chi connectivity index (χ1) is 9.60. The number of carbonyl (C=O) groups is 2. The lowest BCUT2D eigenvalue weighted by molar-refractivity contribution is -0.137. The van der Waals surface area contributed by atoms with Crippen molar-refractivity contribution in [3.05, 3.63) is 28.0 Å². The largest absolute Gasteiger partial charge is 0.481 e. The van der Waals surface area contributed by atoms with Gasteiger partial charge in [0, 0.05) is 17.6 Å². The fourth-order valence-electron chi connectivity index (χ4n) is 1.58. The molecule has 0 saturated carbocycles. The van der Waals surface area contributed by atoms with E-state index in [1.807, 2.05) is 0 Å². The summed E-state index contributed by atoms with van der Waals surface area (Å²) in [7, 11) is 0. The van der Waals surface area contributed by atoms with E-state index in [0.717, 1.165) is 0 Å². The van der Waals surface area contributed by atoms with Gasteiger partial charge in [-0.15, -0.1) is 0 Å². The average Bonchev–Trinajstić information content (AvgIpc) is 2.32. The Labute approximate surface area is 131 Å². The quantitative estimate of drug-likeness (QED) is 0.713. The van der Waals surface area contributed by atoms with Gasteiger partial charge in [0.05, 0.1) is 10.0 Å². The minimum absolute atomic E-state index is 0.0680. The molecule has 2 amide bonds. The SMILES string of the molecule is CC(C)(CCC(=O)O)NC(=O)Nc1cc(Cl)c(F)c(Cl)c1. The molecule has 1 aromatic carbocycles. The molecular formula is C13H15Cl2FN2O3. The molecule has 5 nitrogen and oxygen atoms in total. The maximum absolute atomic E-state index is 13.2. The molecule has 0 radical (unpaired) electrons. The zero-order chi connectivity index (χ0) is 16.2. The van der Waals surface area contributed by atoms with Crippen molar-refractivity contribution in [2.45, 2.75) is 32.2 Å². The van der Waals surface area contributed by atoms with Crippen molar-refractivity contribution >= 4 is 40.9 Å². The molecule has 0 bridgehead atoms. The molecule has 21 heavy (non-hydrogen) atoms. The lowest BCUT2D eigenvalue weighted by Crippen LogP contribution is -2.45. The number of hydrogen-bond acceptors (Lipinski definition) is 2. The Morgan fingerprint density at radius 1 is 1.29 bits per heavy atom. The molecule has 0 unspecified atom stereocenters. The maximum atomic E-state index is 13.2. The molecule has 0 aliphatic heterocycles. The van der Waals surface area contributed by atoms with E-state index < -0.39 is 23.4 Å². The normalized spacial score (nSPS) is 11.1. The highest BCUT2D eigenvalue weighted by molar-refractivity contribution is 6.35. The van der Waals surface area contributed by atoms with Crippen LogP contribution in [0.2, 0.25) is 10.0 Å². The number of hydrogen-bond donors (Lipinski definition) is 3. The second kappa shape index (κ2) is 6.95. The smallest absolute Gasteiger partial charge is 0.319 e. The van der Waals surface area contributed by atoms with Crippen LogP contribution < -0.4 is 10.6 Å². The van der Waals surface area contributed by atoms with E-state index in [2.05, 4.69) is 10.6 Å². The molecular weight excluding hydrogens is 322 g/mol. The summed E-state index contributed by atoms with van der Waals surface area (Å²) in [6.07, 6.45) is 0.197. The van der Waals surface area contributed by atoms with E-state index in [0.29, 0.717) is 0 Å². The Hall–Kier alpha value is -1.53. The molecule has 0 saturated heterocycles. The molecule has 1 aromatic rings. The minimum atomic E-state index is -0.942. The van der Waals surface area contributed by atoms with Crippen LogP contribution in [0.5, 0.6) is 0 Å². The number of halogens is 3. The van der Waals surface area contributed by atoms with E-state index >= 15 is 0 Å². The molecule has 0 aromatic heterocycles. The van der Waals surface area contributed by atoms with Gasteiger partial charge in [-0.05, 0) is 32.4 Å². The van der Waals surface area contributed by atoms with E-state index in [-0.39, 0.29) is 28.6 Å². The van der Waals surface area contributed by atoms with E-state index in [1.54, 1.807) is 13.8 Å². The molecule has 0 atom stereocenters. The van der Waals surface area contributed by atoms with Gasteiger partial charge in [0.15, 0.2) is 5.82 Å². The van der Waals surface area contributed by atoms with E-state index in [4.69, 9.17) is 28.3 Å². The van der Waals surface area contributed by atoms with Gasteiger partial charge in [-0.2, -0.15) is 0 Å². The third-order valence-electron chi connectivity index (χ3n) is 2.66. The van der Waals surface area contributed by atoms with Gasteiger partial charge in [-0.1, -0.05) is 23.2 Å². The first-order valence-corrected chi connectivity index (χ1v) is 6.82. The van der Waals surface area contributed by atoms with Gasteiger partial charge in [-0.25, -0.2) is 9.18 Å². The summed E-state index contributed by atoms with van der Waals surface area (Å²) in [6.45, 7) is 3.39. The van der Waals surface area contributed by atoms with E-state index in [9.17, 15) is 14.0 Å². The highest BCUT2D eigenvalue weighted by atomic mass is 35.5. The third kappa shape index (κ3) is 5.77. The van der Waals surface area contributed by atoms with Crippen LogP contribution in [-0.4, -0.2) is 22.6 Å². The maximum Gasteiger partial charge on any atom is 0.319 e. The third-order valence-corrected chi connectivity index (χ3v) is 3.21. The van der Waals surface area contributed by atoms with Crippen LogP contribution in [0.3, 0.4) is 0 Å². The monoisotopic (exact) mass is 336 g/mol. The van der Waals surface area contributed by atoms with Crippen LogP contribution >= 0.6 is 23.2 Å². The van der Waals surface area contributed by atoms with Crippen LogP contribution in [0, 0.1) is 5.82 Å². The number of carboxylic acids is 1. The highest BCUT2D eigenvalue weighted by Crippen LogP contribution is 2.27. The molecule has 0 spiro atoms. The minimum Gasteiger partial charge on any atom is -0.481 e. The second-order valence-electron chi connectivity index (χ2n) is 5.11. The molecule has 0 aliphatic rings. The molecule has 3 N–H and O–H groups in total. The number of aliphatic carboxylic acids is 1. The number of nitrogens with one attached hydrogen (secondary N) is 2. The lowest BCUT2D eigenvalue weighted by atomic mass is 9.99. The number of urea groups is 1. The van der Waals surface area contributed by atoms with E-state index in [1.165, 1.54) is 12.1 Å². The second-order valence-corrected chi connectivity index (χ2v) is 5.93. The van der Waals surface area contributed by atoms with Crippen LogP contribution in [0.25, 0.3) is 0 Å². The lowest BCUT2D eigenvalue weighted by Gasteiger charge is -2.25.